The number of hydrogen-bond acceptors (Lipinski definition) is 2. The van der Waals surface area contributed by atoms with Gasteiger partial charge in [-0.1, -0.05) is 18.2 Å². The van der Waals surface area contributed by atoms with E-state index in [4.69, 9.17) is 0 Å². The summed E-state index contributed by atoms with van der Waals surface area (Å²) >= 11 is 0. The average molecular weight is 262 g/mol. The fourth-order valence-electron chi connectivity index (χ4n) is 1.74. The number of ether oxygens (including phenoxy) is 1. The minimum Gasteiger partial charge on any atom is -0.465 e. The van der Waals surface area contributed by atoms with Crippen molar-refractivity contribution in [2.45, 2.75) is 6.92 Å². The summed E-state index contributed by atoms with van der Waals surface area (Å²) in [5.74, 6) is -1.78. The number of methoxy groups -OCH3 is 1. The molecule has 0 aliphatic heterocycles. The molecule has 0 spiro atoms. The van der Waals surface area contributed by atoms with Crippen molar-refractivity contribution in [1.82, 2.24) is 0 Å². The highest BCUT2D eigenvalue weighted by molar-refractivity contribution is 5.90. The van der Waals surface area contributed by atoms with Crippen LogP contribution in [-0.2, 0) is 4.74 Å². The third kappa shape index (κ3) is 2.62. The van der Waals surface area contributed by atoms with Crippen molar-refractivity contribution in [2.24, 2.45) is 0 Å². The first-order valence-corrected chi connectivity index (χ1v) is 5.67. The van der Waals surface area contributed by atoms with Gasteiger partial charge in [0.2, 0.25) is 0 Å². The topological polar surface area (TPSA) is 26.3 Å². The zero-order valence-corrected chi connectivity index (χ0v) is 10.5. The monoisotopic (exact) mass is 262 g/mol. The van der Waals surface area contributed by atoms with Gasteiger partial charge in [0.25, 0.3) is 0 Å². The molecule has 0 bridgehead atoms. The van der Waals surface area contributed by atoms with Crippen molar-refractivity contribution in [2.75, 3.05) is 7.11 Å². The highest BCUT2D eigenvalue weighted by atomic mass is 19.1. The Morgan fingerprint density at radius 2 is 1.58 bits per heavy atom. The highest BCUT2D eigenvalue weighted by Gasteiger charge is 2.13. The summed E-state index contributed by atoms with van der Waals surface area (Å²) < 4.78 is 31.7. The number of halogens is 2. The number of carbonyl (C=O) groups is 1. The molecule has 0 fully saturated rings. The molecule has 2 aromatic rings. The van der Waals surface area contributed by atoms with Gasteiger partial charge in [-0.2, -0.15) is 0 Å². The maximum Gasteiger partial charge on any atom is 0.340 e. The molecule has 2 nitrogen and oxygen atoms in total. The van der Waals surface area contributed by atoms with Crippen LogP contribution >= 0.6 is 0 Å². The Morgan fingerprint density at radius 1 is 1.00 bits per heavy atom. The molecule has 0 saturated heterocycles. The van der Waals surface area contributed by atoms with Gasteiger partial charge >= 0.3 is 5.97 Å². The van der Waals surface area contributed by atoms with E-state index in [1.54, 1.807) is 25.1 Å². The summed E-state index contributed by atoms with van der Waals surface area (Å²) in [6, 6.07) is 8.73. The molecule has 0 saturated carbocycles. The number of esters is 1. The number of aryl methyl sites for hydroxylation is 1. The van der Waals surface area contributed by atoms with Crippen LogP contribution < -0.4 is 0 Å². The molecule has 19 heavy (non-hydrogen) atoms. The van der Waals surface area contributed by atoms with Crippen LogP contribution in [0.15, 0.2) is 36.4 Å². The van der Waals surface area contributed by atoms with Gasteiger partial charge in [-0.25, -0.2) is 13.6 Å². The van der Waals surface area contributed by atoms with Gasteiger partial charge in [-0.15, -0.1) is 0 Å². The average Bonchev–Trinajstić information content (AvgIpc) is 2.41. The summed E-state index contributed by atoms with van der Waals surface area (Å²) in [4.78, 5) is 11.3. The molecule has 0 atom stereocenters. The van der Waals surface area contributed by atoms with Gasteiger partial charge in [-0.05, 0) is 41.8 Å². The summed E-state index contributed by atoms with van der Waals surface area (Å²) in [7, 11) is 1.19. The van der Waals surface area contributed by atoms with E-state index in [9.17, 15) is 13.6 Å². The van der Waals surface area contributed by atoms with Gasteiger partial charge in [0.15, 0.2) is 0 Å². The molecule has 0 amide bonds. The van der Waals surface area contributed by atoms with Gasteiger partial charge in [0.05, 0.1) is 12.7 Å². The van der Waals surface area contributed by atoms with Crippen molar-refractivity contribution >= 4 is 5.97 Å². The lowest BCUT2D eigenvalue weighted by Crippen LogP contribution is -2.04. The first-order chi connectivity index (χ1) is 9.02. The predicted molar refractivity (Wildman–Crippen MR) is 67.9 cm³/mol. The normalized spacial score (nSPS) is 10.3. The molecule has 0 radical (unpaired) electrons. The van der Waals surface area contributed by atoms with Crippen molar-refractivity contribution in [3.8, 4) is 11.1 Å². The van der Waals surface area contributed by atoms with Crippen molar-refractivity contribution in [3.05, 3.63) is 59.2 Å². The van der Waals surface area contributed by atoms with E-state index in [1.807, 2.05) is 0 Å². The Bertz CT molecular complexity index is 636. The van der Waals surface area contributed by atoms with Crippen molar-refractivity contribution in [3.63, 3.8) is 0 Å². The van der Waals surface area contributed by atoms with Gasteiger partial charge < -0.3 is 4.74 Å². The minimum atomic E-state index is -0.737. The number of hydrogen-bond donors (Lipinski definition) is 0. The van der Waals surface area contributed by atoms with E-state index in [0.717, 1.165) is 0 Å². The van der Waals surface area contributed by atoms with Crippen LogP contribution in [0, 0.1) is 18.6 Å². The Morgan fingerprint density at radius 3 is 2.11 bits per heavy atom. The Hall–Kier alpha value is -2.23. The third-order valence-corrected chi connectivity index (χ3v) is 2.88. The molecule has 0 aliphatic carbocycles. The fourth-order valence-corrected chi connectivity index (χ4v) is 1.74. The van der Waals surface area contributed by atoms with Crippen LogP contribution in [-0.4, -0.2) is 13.1 Å². The van der Waals surface area contributed by atoms with Crippen LogP contribution in [0.2, 0.25) is 0 Å². The number of rotatable bonds is 2. The highest BCUT2D eigenvalue weighted by Crippen LogP contribution is 2.24. The fraction of sp³-hybridized carbons (Fsp3) is 0.133. The van der Waals surface area contributed by atoms with E-state index in [1.165, 1.54) is 25.3 Å². The lowest BCUT2D eigenvalue weighted by Gasteiger charge is -2.06. The molecular formula is C15H12F2O2. The van der Waals surface area contributed by atoms with Crippen molar-refractivity contribution in [1.29, 1.82) is 0 Å². The molecule has 4 heteroatoms. The zero-order chi connectivity index (χ0) is 14.0. The molecule has 0 aliphatic rings. The molecular weight excluding hydrogens is 250 g/mol. The van der Waals surface area contributed by atoms with Gasteiger partial charge in [0.1, 0.15) is 11.6 Å². The second-order valence-corrected chi connectivity index (χ2v) is 4.15. The largest absolute Gasteiger partial charge is 0.465 e. The number of benzene rings is 2. The molecule has 0 heterocycles. The summed E-state index contributed by atoms with van der Waals surface area (Å²) in [5, 5.41) is 0. The second kappa shape index (κ2) is 5.18. The van der Waals surface area contributed by atoms with Crippen LogP contribution in [0.25, 0.3) is 11.1 Å². The first-order valence-electron chi connectivity index (χ1n) is 5.67. The lowest BCUT2D eigenvalue weighted by atomic mass is 10.0. The summed E-state index contributed by atoms with van der Waals surface area (Å²) in [5.41, 5.74) is 1.44. The lowest BCUT2D eigenvalue weighted by molar-refractivity contribution is 0.0595. The Kier molecular flexibility index (Phi) is 3.60. The van der Waals surface area contributed by atoms with Crippen LogP contribution in [0.3, 0.4) is 0 Å². The van der Waals surface area contributed by atoms with Gasteiger partial charge in [0, 0.05) is 0 Å². The van der Waals surface area contributed by atoms with E-state index in [2.05, 4.69) is 4.74 Å². The second-order valence-electron chi connectivity index (χ2n) is 4.15. The Balaban J connectivity index is 2.44. The number of carbonyl (C=O) groups excluding carboxylic acids is 1. The standard InChI is InChI=1S/C15H12F2O2/c1-9-3-4-10(7-13(9)16)11-5-6-12(14(17)8-11)15(18)19-2/h3-8H,1-2H3. The first kappa shape index (κ1) is 13.2. The molecule has 2 rings (SSSR count). The van der Waals surface area contributed by atoms with E-state index < -0.39 is 11.8 Å². The zero-order valence-electron chi connectivity index (χ0n) is 10.5. The molecule has 0 aromatic heterocycles. The predicted octanol–water partition coefficient (Wildman–Crippen LogP) is 3.73. The summed E-state index contributed by atoms with van der Waals surface area (Å²) in [6.45, 7) is 1.65. The maximum atomic E-state index is 13.8. The summed E-state index contributed by atoms with van der Waals surface area (Å²) in [6.07, 6.45) is 0. The van der Waals surface area contributed by atoms with Crippen LogP contribution in [0.5, 0.6) is 0 Å². The van der Waals surface area contributed by atoms with E-state index in [-0.39, 0.29) is 11.4 Å². The third-order valence-electron chi connectivity index (χ3n) is 2.88. The SMILES string of the molecule is COC(=O)c1ccc(-c2ccc(C)c(F)c2)cc1F. The van der Waals surface area contributed by atoms with E-state index in [0.29, 0.717) is 16.7 Å². The maximum absolute atomic E-state index is 13.8. The molecule has 98 valence electrons. The smallest absolute Gasteiger partial charge is 0.340 e. The Labute approximate surface area is 109 Å². The molecule has 0 N–H and O–H groups in total. The molecule has 0 unspecified atom stereocenters. The van der Waals surface area contributed by atoms with E-state index >= 15 is 0 Å². The quantitative estimate of drug-likeness (QED) is 0.771. The molecule has 2 aromatic carbocycles. The minimum absolute atomic E-state index is 0.140. The van der Waals surface area contributed by atoms with Gasteiger partial charge in [-0.3, -0.25) is 0 Å². The van der Waals surface area contributed by atoms with Crippen molar-refractivity contribution < 1.29 is 18.3 Å². The van der Waals surface area contributed by atoms with Crippen LogP contribution in [0.4, 0.5) is 8.78 Å². The van der Waals surface area contributed by atoms with Crippen LogP contribution in [0.1, 0.15) is 15.9 Å².